The monoisotopic (exact) mass is 407 g/mol. The van der Waals surface area contributed by atoms with Crippen molar-refractivity contribution in [1.82, 2.24) is 15.0 Å². The average molecular weight is 407 g/mol. The number of nitrogens with one attached hydrogen (secondary N) is 1. The Bertz CT molecular complexity index is 867. The first-order valence-corrected chi connectivity index (χ1v) is 9.40. The molecule has 0 aliphatic carbocycles. The third kappa shape index (κ3) is 6.65. The van der Waals surface area contributed by atoms with Gasteiger partial charge in [-0.1, -0.05) is 12.1 Å². The Labute approximate surface area is 208 Å². The van der Waals surface area contributed by atoms with Crippen LogP contribution in [-0.4, -0.2) is 39.5 Å². The zero-order chi connectivity index (χ0) is 17.6. The number of nitrogens with zero attached hydrogens (tertiary/aromatic N) is 2. The summed E-state index contributed by atoms with van der Waals surface area (Å²) in [5.41, 5.74) is 3.35. The summed E-state index contributed by atoms with van der Waals surface area (Å²) in [7, 11) is 0.371. The summed E-state index contributed by atoms with van der Waals surface area (Å²) in [6, 6.07) is 9.47. The Kier molecular flexibility index (Phi) is 11.3. The second kappa shape index (κ2) is 12.3. The number of H-pyrrole nitrogens is 1. The zero-order valence-corrected chi connectivity index (χ0v) is 21.1. The molecule has 1 aromatic carbocycles. The van der Waals surface area contributed by atoms with E-state index in [9.17, 15) is 4.21 Å². The fourth-order valence-corrected chi connectivity index (χ4v) is 3.58. The maximum absolute atomic E-state index is 12.7. The van der Waals surface area contributed by atoms with Crippen LogP contribution in [0.25, 0.3) is 11.0 Å². The Hall–Kier alpha value is -0.250. The average Bonchev–Trinajstić information content (AvgIpc) is 3.06. The van der Waals surface area contributed by atoms with Crippen LogP contribution in [0.15, 0.2) is 41.7 Å². The van der Waals surface area contributed by atoms with Crippen LogP contribution in [0.1, 0.15) is 20.5 Å². The normalized spacial score (nSPS) is 11.5. The van der Waals surface area contributed by atoms with E-state index in [1.807, 2.05) is 37.3 Å². The summed E-state index contributed by atoms with van der Waals surface area (Å²) in [6.45, 7) is 3.17. The molecule has 0 aliphatic rings. The van der Waals surface area contributed by atoms with Crippen molar-refractivity contribution in [2.45, 2.75) is 24.3 Å². The molecule has 0 radical (unpaired) electrons. The van der Waals surface area contributed by atoms with Crippen LogP contribution in [0.5, 0.6) is 5.75 Å². The number of benzene rings is 1. The van der Waals surface area contributed by atoms with E-state index in [2.05, 4.69) is 15.0 Å². The second-order valence-electron chi connectivity index (χ2n) is 5.62. The van der Waals surface area contributed by atoms with Gasteiger partial charge in [-0.05, 0) is 25.1 Å². The molecule has 1 N–H and O–H groups in total. The van der Waals surface area contributed by atoms with Gasteiger partial charge in [-0.15, -0.1) is 0 Å². The number of aromatic nitrogens is 3. The van der Waals surface area contributed by atoms with Gasteiger partial charge in [0.25, 0.3) is 0 Å². The van der Waals surface area contributed by atoms with Crippen LogP contribution in [0.2, 0.25) is 0 Å². The molecule has 136 valence electrons. The first-order valence-electron chi connectivity index (χ1n) is 8.08. The molecular formula is C18H23N3Na2O3S. The molecule has 2 aromatic heterocycles. The Balaban J connectivity index is 0. The SMILES string of the molecule is COCCCOc1ccnc(CS(=O)c2nc3ccccc3[nH]2)c1C.[H-].[H-].[Na+].[Na+]. The fourth-order valence-electron chi connectivity index (χ4n) is 2.48. The smallest absolute Gasteiger partial charge is 1.00 e. The molecule has 1 atom stereocenters. The molecular weight excluding hydrogens is 384 g/mol. The van der Waals surface area contributed by atoms with Crippen molar-refractivity contribution in [2.75, 3.05) is 20.3 Å². The predicted octanol–water partition coefficient (Wildman–Crippen LogP) is -2.78. The van der Waals surface area contributed by atoms with Crippen LogP contribution < -0.4 is 63.9 Å². The molecule has 1 unspecified atom stereocenters. The van der Waals surface area contributed by atoms with Crippen LogP contribution in [0.4, 0.5) is 0 Å². The molecule has 6 nitrogen and oxygen atoms in total. The standard InChI is InChI=1S/C18H21N3O3S.2Na.2H/c1-13-16(19-9-8-17(13)24-11-5-10-23-2)12-25(22)18-20-14-6-3-4-7-15(14)21-18;;;;/h3-4,6-9H,5,10-12H2,1-2H3,(H,20,21);;;;/q;2*+1;2*-1. The number of hydrogen-bond donors (Lipinski definition) is 1. The van der Waals surface area contributed by atoms with E-state index in [1.165, 1.54) is 0 Å². The number of rotatable bonds is 8. The summed E-state index contributed by atoms with van der Waals surface area (Å²) in [5, 5.41) is 0.466. The van der Waals surface area contributed by atoms with Gasteiger partial charge in [-0.3, -0.25) is 9.19 Å². The molecule has 2 heterocycles. The van der Waals surface area contributed by atoms with Gasteiger partial charge in [-0.2, -0.15) is 0 Å². The number of pyridine rings is 1. The summed E-state index contributed by atoms with van der Waals surface area (Å²) in [6.07, 6.45) is 2.50. The number of hydrogen-bond acceptors (Lipinski definition) is 5. The number of para-hydroxylation sites is 2. The van der Waals surface area contributed by atoms with Gasteiger partial charge in [0, 0.05) is 31.9 Å². The van der Waals surface area contributed by atoms with Crippen molar-refractivity contribution in [3.8, 4) is 5.75 Å². The molecule has 0 spiro atoms. The van der Waals surface area contributed by atoms with E-state index >= 15 is 0 Å². The molecule has 0 saturated carbocycles. The molecule has 9 heteroatoms. The van der Waals surface area contributed by atoms with E-state index in [0.717, 1.165) is 34.5 Å². The Morgan fingerprint density at radius 3 is 2.70 bits per heavy atom. The van der Waals surface area contributed by atoms with Crippen molar-refractivity contribution in [3.63, 3.8) is 0 Å². The first kappa shape index (κ1) is 24.8. The number of imidazole rings is 1. The molecule has 0 fully saturated rings. The minimum Gasteiger partial charge on any atom is -1.00 e. The summed E-state index contributed by atoms with van der Waals surface area (Å²) >= 11 is 0. The zero-order valence-electron chi connectivity index (χ0n) is 18.3. The Morgan fingerprint density at radius 1 is 1.19 bits per heavy atom. The summed E-state index contributed by atoms with van der Waals surface area (Å²) in [4.78, 5) is 11.9. The van der Waals surface area contributed by atoms with E-state index in [-0.39, 0.29) is 62.0 Å². The van der Waals surface area contributed by atoms with Crippen LogP contribution >= 0.6 is 0 Å². The molecule has 0 bridgehead atoms. The minimum atomic E-state index is -1.30. The maximum atomic E-state index is 12.7. The van der Waals surface area contributed by atoms with E-state index in [0.29, 0.717) is 24.1 Å². The van der Waals surface area contributed by atoms with Crippen LogP contribution in [0, 0.1) is 6.92 Å². The third-order valence-electron chi connectivity index (χ3n) is 3.86. The maximum Gasteiger partial charge on any atom is 1.00 e. The largest absolute Gasteiger partial charge is 1.00 e. The Morgan fingerprint density at radius 2 is 1.96 bits per heavy atom. The predicted molar refractivity (Wildman–Crippen MR) is 99.4 cm³/mol. The van der Waals surface area contributed by atoms with E-state index in [4.69, 9.17) is 9.47 Å². The van der Waals surface area contributed by atoms with Crippen molar-refractivity contribution in [1.29, 1.82) is 0 Å². The molecule has 0 saturated heterocycles. The summed E-state index contributed by atoms with van der Waals surface area (Å²) < 4.78 is 23.5. The number of aromatic amines is 1. The van der Waals surface area contributed by atoms with Crippen molar-refractivity contribution in [3.05, 3.63) is 47.8 Å². The quantitative estimate of drug-likeness (QED) is 0.323. The van der Waals surface area contributed by atoms with E-state index in [1.54, 1.807) is 13.3 Å². The van der Waals surface area contributed by atoms with Crippen LogP contribution in [0.3, 0.4) is 0 Å². The van der Waals surface area contributed by atoms with Gasteiger partial charge in [0.2, 0.25) is 0 Å². The molecule has 0 aliphatic heterocycles. The molecule has 3 rings (SSSR count). The van der Waals surface area contributed by atoms with Crippen molar-refractivity contribution < 1.29 is 75.7 Å². The van der Waals surface area contributed by atoms with E-state index < -0.39 is 10.8 Å². The van der Waals surface area contributed by atoms with Gasteiger partial charge in [0.05, 0.1) is 39.9 Å². The van der Waals surface area contributed by atoms with Crippen molar-refractivity contribution in [2.24, 2.45) is 0 Å². The summed E-state index contributed by atoms with van der Waals surface area (Å²) in [5.74, 6) is 1.06. The van der Waals surface area contributed by atoms with Gasteiger partial charge in [0.15, 0.2) is 5.16 Å². The van der Waals surface area contributed by atoms with Gasteiger partial charge in [-0.25, -0.2) is 4.98 Å². The first-order chi connectivity index (χ1) is 12.2. The molecule has 3 aromatic rings. The third-order valence-corrected chi connectivity index (χ3v) is 5.02. The fraction of sp³-hybridized carbons (Fsp3) is 0.333. The minimum absolute atomic E-state index is 0. The molecule has 0 amide bonds. The van der Waals surface area contributed by atoms with Gasteiger partial charge < -0.3 is 17.3 Å². The van der Waals surface area contributed by atoms with Gasteiger partial charge >= 0.3 is 59.1 Å². The molecule has 27 heavy (non-hydrogen) atoms. The number of methoxy groups -OCH3 is 1. The van der Waals surface area contributed by atoms with Crippen molar-refractivity contribution >= 4 is 21.8 Å². The number of fused-ring (bicyclic) bond motifs is 1. The second-order valence-corrected chi connectivity index (χ2v) is 6.99. The van der Waals surface area contributed by atoms with Gasteiger partial charge in [0.1, 0.15) is 5.75 Å². The topological polar surface area (TPSA) is 77.1 Å². The number of ether oxygens (including phenoxy) is 2. The van der Waals surface area contributed by atoms with Crippen LogP contribution in [-0.2, 0) is 21.3 Å².